The molecule has 0 saturated carbocycles. The van der Waals surface area contributed by atoms with E-state index in [9.17, 15) is 4.79 Å². The number of aromatic amines is 1. The van der Waals surface area contributed by atoms with E-state index in [2.05, 4.69) is 66.4 Å². The minimum Gasteiger partial charge on any atom is -0.355 e. The maximum Gasteiger partial charge on any atom is 0.234 e. The van der Waals surface area contributed by atoms with Crippen molar-refractivity contribution < 1.29 is 4.79 Å². The zero-order valence-electron chi connectivity index (χ0n) is 20.4. The van der Waals surface area contributed by atoms with Crippen LogP contribution in [0.25, 0.3) is 27.9 Å². The Balaban J connectivity index is 1.63. The van der Waals surface area contributed by atoms with Crippen LogP contribution in [0.15, 0.2) is 24.7 Å². The topological polar surface area (TPSA) is 91.2 Å². The van der Waals surface area contributed by atoms with Gasteiger partial charge in [0.05, 0.1) is 23.3 Å². The predicted molar refractivity (Wildman–Crippen MR) is 132 cm³/mol. The lowest BCUT2D eigenvalue weighted by Crippen LogP contribution is -2.33. The molecule has 8 heteroatoms. The summed E-state index contributed by atoms with van der Waals surface area (Å²) >= 11 is 0. The van der Waals surface area contributed by atoms with Gasteiger partial charge < -0.3 is 15.2 Å². The van der Waals surface area contributed by atoms with Crippen molar-refractivity contribution in [3.63, 3.8) is 0 Å². The molecule has 2 N–H and O–H groups in total. The highest BCUT2D eigenvalue weighted by molar-refractivity contribution is 5.89. The number of carbonyl (C=O) groups is 1. The highest BCUT2D eigenvalue weighted by atomic mass is 16.1. The standard InChI is InChI=1S/C25H33N7O/c1-15(2)22-23(19-12-32-25(27-14-28-32)17(4)16(19)3)30-20-10-9-18(29-24(20)22)8-7-11-26-21(33)13-31(5)6/h9-10,12,14-15,30H,7-8,11,13H2,1-6H3,(H,26,33). The first kappa shape index (κ1) is 22.9. The fraction of sp³-hybridized carbons (Fsp3) is 0.440. The Kier molecular flexibility index (Phi) is 6.47. The zero-order chi connectivity index (χ0) is 23.7. The minimum atomic E-state index is 0.0517. The fourth-order valence-electron chi connectivity index (χ4n) is 4.33. The van der Waals surface area contributed by atoms with Crippen molar-refractivity contribution in [1.29, 1.82) is 0 Å². The van der Waals surface area contributed by atoms with Gasteiger partial charge in [-0.25, -0.2) is 9.50 Å². The van der Waals surface area contributed by atoms with Gasteiger partial charge in [-0.1, -0.05) is 13.8 Å². The monoisotopic (exact) mass is 447 g/mol. The van der Waals surface area contributed by atoms with Crippen LogP contribution in [-0.4, -0.2) is 62.6 Å². The molecule has 0 aliphatic rings. The Morgan fingerprint density at radius 1 is 1.21 bits per heavy atom. The summed E-state index contributed by atoms with van der Waals surface area (Å²) in [5, 5.41) is 7.34. The van der Waals surface area contributed by atoms with Crippen molar-refractivity contribution in [2.45, 2.75) is 46.5 Å². The third kappa shape index (κ3) is 4.61. The van der Waals surface area contributed by atoms with E-state index in [1.807, 2.05) is 23.5 Å². The smallest absolute Gasteiger partial charge is 0.234 e. The van der Waals surface area contributed by atoms with Gasteiger partial charge in [0.1, 0.15) is 6.33 Å². The molecule has 0 unspecified atom stereocenters. The molecule has 8 nitrogen and oxygen atoms in total. The highest BCUT2D eigenvalue weighted by Gasteiger charge is 2.21. The van der Waals surface area contributed by atoms with Gasteiger partial charge in [-0.3, -0.25) is 9.78 Å². The average Bonchev–Trinajstić information content (AvgIpc) is 3.37. The quantitative estimate of drug-likeness (QED) is 0.403. The fourth-order valence-corrected chi connectivity index (χ4v) is 4.33. The number of pyridine rings is 2. The number of fused-ring (bicyclic) bond motifs is 2. The van der Waals surface area contributed by atoms with Crippen molar-refractivity contribution in [3.8, 4) is 11.3 Å². The van der Waals surface area contributed by atoms with Crippen LogP contribution in [0.5, 0.6) is 0 Å². The first-order valence-corrected chi connectivity index (χ1v) is 11.5. The summed E-state index contributed by atoms with van der Waals surface area (Å²) in [6, 6.07) is 4.20. The summed E-state index contributed by atoms with van der Waals surface area (Å²) in [6.45, 7) is 9.70. The van der Waals surface area contributed by atoms with Crippen molar-refractivity contribution >= 4 is 22.6 Å². The number of aromatic nitrogens is 5. The number of hydrogen-bond donors (Lipinski definition) is 2. The van der Waals surface area contributed by atoms with Crippen LogP contribution in [0.2, 0.25) is 0 Å². The Morgan fingerprint density at radius 3 is 2.73 bits per heavy atom. The molecule has 0 saturated heterocycles. The van der Waals surface area contributed by atoms with E-state index in [4.69, 9.17) is 4.98 Å². The number of hydrogen-bond acceptors (Lipinski definition) is 5. The Morgan fingerprint density at radius 2 is 2.00 bits per heavy atom. The molecular weight excluding hydrogens is 414 g/mol. The van der Waals surface area contributed by atoms with Crippen LogP contribution in [0.4, 0.5) is 0 Å². The second kappa shape index (κ2) is 9.31. The molecule has 4 aromatic rings. The molecule has 33 heavy (non-hydrogen) atoms. The minimum absolute atomic E-state index is 0.0517. The molecule has 0 spiro atoms. The molecule has 0 bridgehead atoms. The molecule has 0 aliphatic heterocycles. The molecule has 4 heterocycles. The van der Waals surface area contributed by atoms with Gasteiger partial charge in [0.2, 0.25) is 5.91 Å². The van der Waals surface area contributed by atoms with Crippen LogP contribution in [0.1, 0.15) is 48.6 Å². The van der Waals surface area contributed by atoms with E-state index in [0.29, 0.717) is 19.0 Å². The van der Waals surface area contributed by atoms with Crippen LogP contribution < -0.4 is 5.32 Å². The molecule has 1 amide bonds. The maximum absolute atomic E-state index is 11.8. The lowest BCUT2D eigenvalue weighted by atomic mass is 9.95. The van der Waals surface area contributed by atoms with Gasteiger partial charge in [0.15, 0.2) is 5.65 Å². The van der Waals surface area contributed by atoms with E-state index >= 15 is 0 Å². The SMILES string of the molecule is Cc1c(-c2[nH]c3ccc(CCCNC(=O)CN(C)C)nc3c2C(C)C)cn2ncnc2c1C. The van der Waals surface area contributed by atoms with Crippen molar-refractivity contribution in [2.24, 2.45) is 0 Å². The Labute approximate surface area is 194 Å². The van der Waals surface area contributed by atoms with E-state index in [-0.39, 0.29) is 5.91 Å². The molecule has 0 fully saturated rings. The maximum atomic E-state index is 11.8. The van der Waals surface area contributed by atoms with Crippen LogP contribution in [0, 0.1) is 13.8 Å². The van der Waals surface area contributed by atoms with Gasteiger partial charge >= 0.3 is 0 Å². The molecule has 0 aromatic carbocycles. The van der Waals surface area contributed by atoms with Gasteiger partial charge in [-0.2, -0.15) is 5.10 Å². The van der Waals surface area contributed by atoms with E-state index in [1.54, 1.807) is 6.33 Å². The second-order valence-electron chi connectivity index (χ2n) is 9.28. The number of aryl methyl sites for hydroxylation is 2. The number of nitrogens with zero attached hydrogens (tertiary/aromatic N) is 5. The number of amides is 1. The van der Waals surface area contributed by atoms with Crippen molar-refractivity contribution in [3.05, 3.63) is 47.0 Å². The van der Waals surface area contributed by atoms with E-state index < -0.39 is 0 Å². The van der Waals surface area contributed by atoms with Crippen molar-refractivity contribution in [2.75, 3.05) is 27.2 Å². The van der Waals surface area contributed by atoms with Crippen LogP contribution in [0.3, 0.4) is 0 Å². The molecule has 4 rings (SSSR count). The summed E-state index contributed by atoms with van der Waals surface area (Å²) in [5.74, 6) is 0.351. The van der Waals surface area contributed by atoms with E-state index in [0.717, 1.165) is 52.0 Å². The first-order valence-electron chi connectivity index (χ1n) is 11.5. The molecule has 0 aliphatic carbocycles. The second-order valence-corrected chi connectivity index (χ2v) is 9.28. The van der Waals surface area contributed by atoms with Crippen molar-refractivity contribution in [1.82, 2.24) is 34.8 Å². The Hall–Kier alpha value is -3.26. The molecular formula is C25H33N7O. The van der Waals surface area contributed by atoms with Gasteiger partial charge in [-0.05, 0) is 70.0 Å². The van der Waals surface area contributed by atoms with Crippen LogP contribution in [-0.2, 0) is 11.2 Å². The number of rotatable bonds is 8. The molecule has 4 aromatic heterocycles. The lowest BCUT2D eigenvalue weighted by Gasteiger charge is -2.13. The van der Waals surface area contributed by atoms with Gasteiger partial charge in [-0.15, -0.1) is 0 Å². The largest absolute Gasteiger partial charge is 0.355 e. The average molecular weight is 448 g/mol. The summed E-state index contributed by atoms with van der Waals surface area (Å²) in [7, 11) is 3.78. The highest BCUT2D eigenvalue weighted by Crippen LogP contribution is 2.37. The molecule has 0 radical (unpaired) electrons. The summed E-state index contributed by atoms with van der Waals surface area (Å²) in [5.41, 5.74) is 9.73. The van der Waals surface area contributed by atoms with Gasteiger partial charge in [0, 0.05) is 29.6 Å². The third-order valence-corrected chi connectivity index (χ3v) is 6.10. The van der Waals surface area contributed by atoms with E-state index in [1.165, 1.54) is 11.1 Å². The Bertz CT molecular complexity index is 1300. The molecule has 0 atom stereocenters. The number of H-pyrrole nitrogens is 1. The van der Waals surface area contributed by atoms with Gasteiger partial charge in [0.25, 0.3) is 0 Å². The zero-order valence-corrected chi connectivity index (χ0v) is 20.4. The number of likely N-dealkylation sites (N-methyl/N-ethyl adjacent to an activating group) is 1. The lowest BCUT2D eigenvalue weighted by molar-refractivity contribution is -0.121. The summed E-state index contributed by atoms with van der Waals surface area (Å²) in [6.07, 6.45) is 5.32. The summed E-state index contributed by atoms with van der Waals surface area (Å²) in [4.78, 5) is 26.7. The molecule has 174 valence electrons. The first-order chi connectivity index (χ1) is 15.8. The van der Waals surface area contributed by atoms with Crippen LogP contribution >= 0.6 is 0 Å². The predicted octanol–water partition coefficient (Wildman–Crippen LogP) is 3.62. The number of carbonyl (C=O) groups excluding carboxylic acids is 1. The number of nitrogens with one attached hydrogen (secondary N) is 2. The normalized spacial score (nSPS) is 11.9. The summed E-state index contributed by atoms with van der Waals surface area (Å²) < 4.78 is 1.84. The third-order valence-electron chi connectivity index (χ3n) is 6.10.